The number of halogens is 3. The predicted octanol–water partition coefficient (Wildman–Crippen LogP) is 2.23. The highest BCUT2D eigenvalue weighted by atomic mass is 32.2. The zero-order valence-corrected chi connectivity index (χ0v) is 12.4. The molecule has 9 heteroatoms. The fraction of sp³-hybridized carbons (Fsp3) is 0.583. The van der Waals surface area contributed by atoms with Gasteiger partial charge >= 0.3 is 6.18 Å². The lowest BCUT2D eigenvalue weighted by molar-refractivity contribution is -0.141. The Labute approximate surface area is 122 Å². The second-order valence-corrected chi connectivity index (χ2v) is 6.30. The minimum Gasteiger partial charge on any atom is -0.317 e. The Kier molecular flexibility index (Phi) is 6.41. The molecule has 0 bridgehead atoms. The zero-order valence-electron chi connectivity index (χ0n) is 11.6. The summed E-state index contributed by atoms with van der Waals surface area (Å²) in [5.41, 5.74) is -1.04. The zero-order chi connectivity index (χ0) is 15.9. The van der Waals surface area contributed by atoms with Crippen LogP contribution in [0.15, 0.2) is 18.3 Å². The molecule has 0 fully saturated rings. The van der Waals surface area contributed by atoms with Crippen molar-refractivity contribution in [2.24, 2.45) is 0 Å². The minimum absolute atomic E-state index is 0.0181. The maximum atomic E-state index is 12.3. The van der Waals surface area contributed by atoms with E-state index in [2.05, 4.69) is 15.0 Å². The van der Waals surface area contributed by atoms with Crippen LogP contribution in [0.25, 0.3) is 0 Å². The molecule has 0 saturated carbocycles. The van der Waals surface area contributed by atoms with Crippen LogP contribution in [-0.4, -0.2) is 32.2 Å². The molecule has 0 amide bonds. The molecular weight excluding hydrogens is 307 g/mol. The molecule has 21 heavy (non-hydrogen) atoms. The van der Waals surface area contributed by atoms with Gasteiger partial charge in [0.15, 0.2) is 0 Å². The van der Waals surface area contributed by atoms with E-state index >= 15 is 0 Å². The summed E-state index contributed by atoms with van der Waals surface area (Å²) >= 11 is 0. The monoisotopic (exact) mass is 325 g/mol. The molecule has 0 saturated heterocycles. The maximum absolute atomic E-state index is 12.3. The van der Waals surface area contributed by atoms with Gasteiger partial charge in [-0.25, -0.2) is 13.4 Å². The molecule has 2 N–H and O–H groups in total. The topological polar surface area (TPSA) is 71.1 Å². The highest BCUT2D eigenvalue weighted by Gasteiger charge is 2.32. The third-order valence-electron chi connectivity index (χ3n) is 2.52. The number of hydrogen-bond donors (Lipinski definition) is 2. The fourth-order valence-electron chi connectivity index (χ4n) is 1.54. The fourth-order valence-corrected chi connectivity index (χ4v) is 2.65. The molecule has 0 unspecified atom stereocenters. The van der Waals surface area contributed by atoms with Crippen LogP contribution in [0.1, 0.15) is 25.5 Å². The minimum atomic E-state index is -4.54. The van der Waals surface area contributed by atoms with Crippen molar-refractivity contribution in [3.63, 3.8) is 0 Å². The first-order chi connectivity index (χ1) is 9.74. The van der Waals surface area contributed by atoms with E-state index in [0.29, 0.717) is 13.0 Å². The van der Waals surface area contributed by atoms with Gasteiger partial charge in [0.1, 0.15) is 5.69 Å². The average Bonchev–Trinajstić information content (AvgIpc) is 2.37. The largest absolute Gasteiger partial charge is 0.433 e. The molecule has 1 heterocycles. The molecule has 0 radical (unpaired) electrons. The quantitative estimate of drug-likeness (QED) is 0.719. The Hall–Kier alpha value is -1.35. The Balaban J connectivity index is 2.51. The molecule has 5 nitrogen and oxygen atoms in total. The third kappa shape index (κ3) is 6.76. The normalized spacial score (nSPS) is 12.4. The molecule has 1 aromatic heterocycles. The number of alkyl halides is 3. The van der Waals surface area contributed by atoms with Crippen molar-refractivity contribution in [1.82, 2.24) is 10.3 Å². The summed E-state index contributed by atoms with van der Waals surface area (Å²) in [5, 5.41) is 3.07. The number of nitrogens with zero attached hydrogens (tertiary/aromatic N) is 1. The first-order valence-corrected chi connectivity index (χ1v) is 8.14. The van der Waals surface area contributed by atoms with Gasteiger partial charge < -0.3 is 5.32 Å². The number of pyridine rings is 1. The molecule has 0 aliphatic carbocycles. The molecular formula is C12H18F3N3O2S. The van der Waals surface area contributed by atoms with Crippen LogP contribution < -0.4 is 10.0 Å². The van der Waals surface area contributed by atoms with E-state index < -0.39 is 21.9 Å². The number of hydrogen-bond acceptors (Lipinski definition) is 4. The van der Waals surface area contributed by atoms with Gasteiger partial charge in [0.25, 0.3) is 0 Å². The average molecular weight is 325 g/mol. The van der Waals surface area contributed by atoms with Crippen LogP contribution in [0.5, 0.6) is 0 Å². The van der Waals surface area contributed by atoms with E-state index in [-0.39, 0.29) is 11.4 Å². The highest BCUT2D eigenvalue weighted by molar-refractivity contribution is 7.92. The van der Waals surface area contributed by atoms with Crippen LogP contribution in [-0.2, 0) is 16.2 Å². The number of rotatable bonds is 8. The molecule has 0 spiro atoms. The van der Waals surface area contributed by atoms with Gasteiger partial charge in [0.05, 0.1) is 17.6 Å². The van der Waals surface area contributed by atoms with Crippen molar-refractivity contribution < 1.29 is 21.6 Å². The lowest BCUT2D eigenvalue weighted by Gasteiger charge is -2.09. The summed E-state index contributed by atoms with van der Waals surface area (Å²) in [6, 6.07) is 1.78. The molecule has 0 atom stereocenters. The van der Waals surface area contributed by atoms with Crippen LogP contribution in [0, 0.1) is 0 Å². The smallest absolute Gasteiger partial charge is 0.317 e. The Morgan fingerprint density at radius 2 is 1.95 bits per heavy atom. The van der Waals surface area contributed by atoms with Crippen molar-refractivity contribution in [2.45, 2.75) is 25.9 Å². The van der Waals surface area contributed by atoms with Crippen molar-refractivity contribution >= 4 is 15.7 Å². The van der Waals surface area contributed by atoms with E-state index in [9.17, 15) is 21.6 Å². The van der Waals surface area contributed by atoms with Gasteiger partial charge in [-0.05, 0) is 38.1 Å². The standard InChI is InChI=1S/C12H18F3N3O2S/c1-2-6-16-7-3-8-21(19,20)18-10-4-5-11(17-9-10)12(13,14)15/h4-5,9,16,18H,2-3,6-8H2,1H3. The summed E-state index contributed by atoms with van der Waals surface area (Å²) in [4.78, 5) is 3.19. The van der Waals surface area contributed by atoms with Gasteiger partial charge in [0.2, 0.25) is 10.0 Å². The van der Waals surface area contributed by atoms with Crippen LogP contribution >= 0.6 is 0 Å². The lowest BCUT2D eigenvalue weighted by atomic mass is 10.3. The molecule has 0 aromatic carbocycles. The Bertz CT molecular complexity index is 530. The first kappa shape index (κ1) is 17.7. The van der Waals surface area contributed by atoms with Gasteiger partial charge in [-0.15, -0.1) is 0 Å². The summed E-state index contributed by atoms with van der Waals surface area (Å²) in [6.45, 7) is 3.39. The first-order valence-electron chi connectivity index (χ1n) is 6.49. The predicted molar refractivity (Wildman–Crippen MR) is 74.4 cm³/mol. The summed E-state index contributed by atoms with van der Waals surface area (Å²) in [7, 11) is -3.58. The molecule has 120 valence electrons. The van der Waals surface area contributed by atoms with Gasteiger partial charge in [-0.1, -0.05) is 6.92 Å². The van der Waals surface area contributed by atoms with Gasteiger partial charge in [0, 0.05) is 0 Å². The Morgan fingerprint density at radius 1 is 1.24 bits per heavy atom. The van der Waals surface area contributed by atoms with Gasteiger partial charge in [-0.3, -0.25) is 4.72 Å². The van der Waals surface area contributed by atoms with Crippen LogP contribution in [0.4, 0.5) is 18.9 Å². The van der Waals surface area contributed by atoms with Crippen LogP contribution in [0.2, 0.25) is 0 Å². The highest BCUT2D eigenvalue weighted by Crippen LogP contribution is 2.27. The van der Waals surface area contributed by atoms with E-state index in [1.165, 1.54) is 0 Å². The van der Waals surface area contributed by atoms with Crippen molar-refractivity contribution in [1.29, 1.82) is 0 Å². The van der Waals surface area contributed by atoms with E-state index in [0.717, 1.165) is 31.3 Å². The van der Waals surface area contributed by atoms with Crippen molar-refractivity contribution in [3.8, 4) is 0 Å². The second-order valence-electron chi connectivity index (χ2n) is 4.45. The third-order valence-corrected chi connectivity index (χ3v) is 3.89. The van der Waals surface area contributed by atoms with Crippen molar-refractivity contribution in [2.75, 3.05) is 23.6 Å². The van der Waals surface area contributed by atoms with Crippen molar-refractivity contribution in [3.05, 3.63) is 24.0 Å². The summed E-state index contributed by atoms with van der Waals surface area (Å²) in [6.07, 6.45) is -2.30. The maximum Gasteiger partial charge on any atom is 0.433 e. The number of nitrogens with one attached hydrogen (secondary N) is 2. The Morgan fingerprint density at radius 3 is 2.48 bits per heavy atom. The number of sulfonamides is 1. The molecule has 1 aromatic rings. The SMILES string of the molecule is CCCNCCCS(=O)(=O)Nc1ccc(C(F)(F)F)nc1. The van der Waals surface area contributed by atoms with E-state index in [1.807, 2.05) is 6.92 Å². The lowest BCUT2D eigenvalue weighted by Crippen LogP contribution is -2.22. The number of anilines is 1. The van der Waals surface area contributed by atoms with E-state index in [4.69, 9.17) is 0 Å². The summed E-state index contributed by atoms with van der Waals surface area (Å²) in [5.74, 6) is -0.106. The summed E-state index contributed by atoms with van der Waals surface area (Å²) < 4.78 is 62.6. The van der Waals surface area contributed by atoms with E-state index in [1.54, 1.807) is 0 Å². The number of aromatic nitrogens is 1. The molecule has 1 rings (SSSR count). The molecule has 0 aliphatic heterocycles. The van der Waals surface area contributed by atoms with Crippen LogP contribution in [0.3, 0.4) is 0 Å². The second kappa shape index (κ2) is 7.60. The molecule has 0 aliphatic rings. The van der Waals surface area contributed by atoms with Gasteiger partial charge in [-0.2, -0.15) is 13.2 Å².